The van der Waals surface area contributed by atoms with Gasteiger partial charge >= 0.3 is 0 Å². The number of nitrogens with two attached hydrogens (primary N) is 1. The molecule has 0 spiro atoms. The Hall–Kier alpha value is -0.880. The summed E-state index contributed by atoms with van der Waals surface area (Å²) in [6.45, 7) is 2.85. The molecule has 3 atom stereocenters. The van der Waals surface area contributed by atoms with E-state index in [1.54, 1.807) is 10.9 Å². The quantitative estimate of drug-likeness (QED) is 0.896. The number of hydrogen-bond acceptors (Lipinski definition) is 4. The molecule has 102 valence electrons. The topological polar surface area (TPSA) is 78.0 Å². The first-order valence-electron chi connectivity index (χ1n) is 6.36. The molecule has 2 N–H and O–H groups in total. The van der Waals surface area contributed by atoms with Crippen LogP contribution in [0.3, 0.4) is 0 Å². The van der Waals surface area contributed by atoms with Crippen LogP contribution in [0.15, 0.2) is 17.3 Å². The molecule has 18 heavy (non-hydrogen) atoms. The van der Waals surface area contributed by atoms with Gasteiger partial charge in [-0.2, -0.15) is 5.10 Å². The lowest BCUT2D eigenvalue weighted by Gasteiger charge is -2.34. The van der Waals surface area contributed by atoms with Gasteiger partial charge in [0.05, 0.1) is 12.2 Å². The molecule has 1 fully saturated rings. The maximum Gasteiger partial charge on any atom is 0.178 e. The van der Waals surface area contributed by atoms with Crippen molar-refractivity contribution in [1.82, 2.24) is 9.78 Å². The van der Waals surface area contributed by atoms with E-state index in [1.165, 1.54) is 18.9 Å². The van der Waals surface area contributed by atoms with E-state index in [0.717, 1.165) is 12.8 Å². The van der Waals surface area contributed by atoms with Crippen LogP contribution in [0.2, 0.25) is 0 Å². The molecule has 1 aromatic heterocycles. The van der Waals surface area contributed by atoms with Crippen LogP contribution in [0.5, 0.6) is 0 Å². The first-order valence-corrected chi connectivity index (χ1v) is 8.25. The van der Waals surface area contributed by atoms with Crippen LogP contribution >= 0.6 is 0 Å². The molecule has 5 nitrogen and oxygen atoms in total. The number of aromatic nitrogens is 2. The molecule has 0 radical (unpaired) electrons. The van der Waals surface area contributed by atoms with Crippen molar-refractivity contribution >= 4 is 9.84 Å². The number of sulfone groups is 1. The zero-order valence-electron chi connectivity index (χ0n) is 10.9. The van der Waals surface area contributed by atoms with Crippen molar-refractivity contribution in [1.29, 1.82) is 0 Å². The second-order valence-corrected chi connectivity index (χ2v) is 7.43. The van der Waals surface area contributed by atoms with Crippen LogP contribution < -0.4 is 5.73 Å². The van der Waals surface area contributed by atoms with E-state index >= 15 is 0 Å². The fourth-order valence-corrected chi connectivity index (χ4v) is 3.24. The summed E-state index contributed by atoms with van der Waals surface area (Å²) >= 11 is 0. The van der Waals surface area contributed by atoms with Crippen LogP contribution in [0, 0.1) is 11.8 Å². The van der Waals surface area contributed by atoms with Gasteiger partial charge in [-0.1, -0.05) is 13.3 Å². The van der Waals surface area contributed by atoms with Crippen LogP contribution in [0.4, 0.5) is 0 Å². The molecule has 3 unspecified atom stereocenters. The second kappa shape index (κ2) is 5.01. The van der Waals surface area contributed by atoms with Gasteiger partial charge in [0.1, 0.15) is 4.90 Å². The summed E-state index contributed by atoms with van der Waals surface area (Å²) in [4.78, 5) is 0.288. The van der Waals surface area contributed by atoms with Gasteiger partial charge in [0.15, 0.2) is 9.84 Å². The van der Waals surface area contributed by atoms with Crippen LogP contribution in [0.25, 0.3) is 0 Å². The molecule has 1 aliphatic carbocycles. The molecular formula is C12H21N3O2S. The first-order chi connectivity index (χ1) is 8.41. The summed E-state index contributed by atoms with van der Waals surface area (Å²) in [6.07, 6.45) is 7.59. The van der Waals surface area contributed by atoms with Gasteiger partial charge in [-0.05, 0) is 31.2 Å². The third kappa shape index (κ3) is 2.75. The number of rotatable bonds is 3. The molecule has 1 aromatic rings. The van der Waals surface area contributed by atoms with Gasteiger partial charge in [-0.15, -0.1) is 0 Å². The van der Waals surface area contributed by atoms with Crippen molar-refractivity contribution in [3.05, 3.63) is 12.4 Å². The van der Waals surface area contributed by atoms with Gasteiger partial charge in [-0.3, -0.25) is 4.68 Å². The molecule has 0 aromatic carbocycles. The average molecular weight is 271 g/mol. The minimum atomic E-state index is -3.17. The van der Waals surface area contributed by atoms with Gasteiger partial charge in [0.25, 0.3) is 0 Å². The maximum atomic E-state index is 11.5. The molecule has 0 bridgehead atoms. The lowest BCUT2D eigenvalue weighted by Crippen LogP contribution is -2.32. The van der Waals surface area contributed by atoms with Crippen LogP contribution in [0.1, 0.15) is 32.2 Å². The Morgan fingerprint density at radius 1 is 1.50 bits per heavy atom. The van der Waals surface area contributed by atoms with E-state index in [-0.39, 0.29) is 10.9 Å². The molecule has 0 amide bonds. The highest BCUT2D eigenvalue weighted by atomic mass is 32.2. The Kier molecular flexibility index (Phi) is 3.77. The minimum absolute atomic E-state index is 0.231. The van der Waals surface area contributed by atoms with E-state index < -0.39 is 9.84 Å². The Balaban J connectivity index is 2.26. The van der Waals surface area contributed by atoms with E-state index in [1.807, 2.05) is 0 Å². The van der Waals surface area contributed by atoms with Crippen LogP contribution in [-0.4, -0.2) is 31.0 Å². The summed E-state index contributed by atoms with van der Waals surface area (Å²) in [7, 11) is -3.17. The SMILES string of the molecule is CC1CCC(CN)C(n2cc(S(C)(=O)=O)cn2)C1. The monoisotopic (exact) mass is 271 g/mol. The average Bonchev–Trinajstić information content (AvgIpc) is 2.77. The highest BCUT2D eigenvalue weighted by Crippen LogP contribution is 2.36. The third-order valence-electron chi connectivity index (χ3n) is 3.87. The Morgan fingerprint density at radius 2 is 2.22 bits per heavy atom. The molecule has 1 heterocycles. The van der Waals surface area contributed by atoms with Crippen molar-refractivity contribution in [3.63, 3.8) is 0 Å². The van der Waals surface area contributed by atoms with E-state index in [9.17, 15) is 8.42 Å². The summed E-state index contributed by atoms with van der Waals surface area (Å²) < 4.78 is 24.7. The largest absolute Gasteiger partial charge is 0.330 e. The molecule has 0 aliphatic heterocycles. The van der Waals surface area contributed by atoms with Crippen molar-refractivity contribution in [2.75, 3.05) is 12.8 Å². The summed E-state index contributed by atoms with van der Waals surface area (Å²) in [6, 6.07) is 0.231. The smallest absolute Gasteiger partial charge is 0.178 e. The molecule has 1 aliphatic rings. The van der Waals surface area contributed by atoms with Crippen molar-refractivity contribution in [2.24, 2.45) is 17.6 Å². The Labute approximate surface area is 108 Å². The molecule has 0 saturated heterocycles. The molecule has 1 saturated carbocycles. The molecule has 2 rings (SSSR count). The Bertz CT molecular complexity index is 509. The molecule has 6 heteroatoms. The number of nitrogens with zero attached hydrogens (tertiary/aromatic N) is 2. The number of hydrogen-bond donors (Lipinski definition) is 1. The van der Waals surface area contributed by atoms with Gasteiger partial charge in [0.2, 0.25) is 0 Å². The van der Waals surface area contributed by atoms with Gasteiger partial charge in [0, 0.05) is 12.5 Å². The van der Waals surface area contributed by atoms with E-state index in [0.29, 0.717) is 18.4 Å². The maximum absolute atomic E-state index is 11.5. The second-order valence-electron chi connectivity index (χ2n) is 5.41. The zero-order chi connectivity index (χ0) is 13.3. The predicted molar refractivity (Wildman–Crippen MR) is 69.9 cm³/mol. The third-order valence-corrected chi connectivity index (χ3v) is 4.93. The van der Waals surface area contributed by atoms with Gasteiger partial charge < -0.3 is 5.73 Å². The first kappa shape index (κ1) is 13.5. The lowest BCUT2D eigenvalue weighted by atomic mass is 9.79. The minimum Gasteiger partial charge on any atom is -0.330 e. The fraction of sp³-hybridized carbons (Fsp3) is 0.750. The van der Waals surface area contributed by atoms with Crippen LogP contribution in [-0.2, 0) is 9.84 Å². The lowest BCUT2D eigenvalue weighted by molar-refractivity contribution is 0.185. The van der Waals surface area contributed by atoms with E-state index in [4.69, 9.17) is 5.73 Å². The molecular weight excluding hydrogens is 250 g/mol. The fourth-order valence-electron chi connectivity index (χ4n) is 2.71. The summed E-state index contributed by atoms with van der Waals surface area (Å²) in [5.74, 6) is 1.04. The summed E-state index contributed by atoms with van der Waals surface area (Å²) in [5, 5.41) is 4.22. The summed E-state index contributed by atoms with van der Waals surface area (Å²) in [5.41, 5.74) is 5.81. The zero-order valence-corrected chi connectivity index (χ0v) is 11.7. The van der Waals surface area contributed by atoms with Crippen molar-refractivity contribution in [2.45, 2.75) is 37.1 Å². The van der Waals surface area contributed by atoms with Crippen molar-refractivity contribution in [3.8, 4) is 0 Å². The van der Waals surface area contributed by atoms with Gasteiger partial charge in [-0.25, -0.2) is 8.42 Å². The highest BCUT2D eigenvalue weighted by Gasteiger charge is 2.30. The predicted octanol–water partition coefficient (Wildman–Crippen LogP) is 1.22. The normalized spacial score (nSPS) is 29.4. The van der Waals surface area contributed by atoms with E-state index in [2.05, 4.69) is 12.0 Å². The standard InChI is InChI=1S/C12H21N3O2S/c1-9-3-4-10(6-13)12(5-9)15-8-11(7-14-15)18(2,16)17/h7-10,12H,3-6,13H2,1-2H3. The Morgan fingerprint density at radius 3 is 2.78 bits per heavy atom. The van der Waals surface area contributed by atoms with Crippen molar-refractivity contribution < 1.29 is 8.42 Å². The highest BCUT2D eigenvalue weighted by molar-refractivity contribution is 7.90.